The van der Waals surface area contributed by atoms with Gasteiger partial charge < -0.3 is 10.6 Å². The number of hydrogen-bond donors (Lipinski definition) is 2. The highest BCUT2D eigenvalue weighted by Gasteiger charge is 2.38. The summed E-state index contributed by atoms with van der Waals surface area (Å²) in [5.41, 5.74) is 1.42. The van der Waals surface area contributed by atoms with Gasteiger partial charge in [0, 0.05) is 12.5 Å². The van der Waals surface area contributed by atoms with E-state index in [0.717, 1.165) is 32.5 Å². The fourth-order valence-corrected chi connectivity index (χ4v) is 3.04. The SMILES string of the molecule is O=C(NCC1CC1c1ccccc1)C1CCNCC1. The first kappa shape index (κ1) is 12.7. The molecular weight excluding hydrogens is 236 g/mol. The Morgan fingerprint density at radius 1 is 1.21 bits per heavy atom. The molecule has 1 saturated heterocycles. The minimum Gasteiger partial charge on any atom is -0.356 e. The number of nitrogens with one attached hydrogen (secondary N) is 2. The van der Waals surface area contributed by atoms with E-state index in [2.05, 4.69) is 41.0 Å². The van der Waals surface area contributed by atoms with E-state index in [-0.39, 0.29) is 11.8 Å². The van der Waals surface area contributed by atoms with E-state index in [0.29, 0.717) is 11.8 Å². The predicted molar refractivity (Wildman–Crippen MR) is 75.9 cm³/mol. The number of piperidine rings is 1. The van der Waals surface area contributed by atoms with Crippen molar-refractivity contribution in [3.05, 3.63) is 35.9 Å². The first-order chi connectivity index (χ1) is 9.34. The van der Waals surface area contributed by atoms with Gasteiger partial charge in [0.25, 0.3) is 0 Å². The van der Waals surface area contributed by atoms with Crippen molar-refractivity contribution in [2.24, 2.45) is 11.8 Å². The smallest absolute Gasteiger partial charge is 0.223 e. The second kappa shape index (κ2) is 5.74. The Balaban J connectivity index is 1.43. The average Bonchev–Trinajstić information content (AvgIpc) is 3.26. The van der Waals surface area contributed by atoms with Gasteiger partial charge in [-0.25, -0.2) is 0 Å². The monoisotopic (exact) mass is 258 g/mol. The molecular formula is C16H22N2O. The Kier molecular flexibility index (Phi) is 3.83. The number of amides is 1. The average molecular weight is 258 g/mol. The van der Waals surface area contributed by atoms with E-state index < -0.39 is 0 Å². The van der Waals surface area contributed by atoms with Gasteiger partial charge in [0.1, 0.15) is 0 Å². The first-order valence-corrected chi connectivity index (χ1v) is 7.38. The Bertz CT molecular complexity index is 426. The summed E-state index contributed by atoms with van der Waals surface area (Å²) in [5, 5.41) is 6.44. The third-order valence-corrected chi connectivity index (χ3v) is 4.40. The fourth-order valence-electron chi connectivity index (χ4n) is 3.04. The molecule has 1 aromatic carbocycles. The highest BCUT2D eigenvalue weighted by molar-refractivity contribution is 5.78. The van der Waals surface area contributed by atoms with Gasteiger partial charge in [-0.2, -0.15) is 0 Å². The Labute approximate surface area is 114 Å². The van der Waals surface area contributed by atoms with Crippen molar-refractivity contribution in [2.45, 2.75) is 25.2 Å². The van der Waals surface area contributed by atoms with Crippen LogP contribution in [0.5, 0.6) is 0 Å². The van der Waals surface area contributed by atoms with E-state index in [1.807, 2.05) is 0 Å². The van der Waals surface area contributed by atoms with Crippen LogP contribution in [0.15, 0.2) is 30.3 Å². The third kappa shape index (κ3) is 3.16. The number of carbonyl (C=O) groups excluding carboxylic acids is 1. The lowest BCUT2D eigenvalue weighted by Gasteiger charge is -2.21. The molecule has 1 amide bonds. The summed E-state index contributed by atoms with van der Waals surface area (Å²) >= 11 is 0. The molecule has 0 aromatic heterocycles. The summed E-state index contributed by atoms with van der Waals surface area (Å²) < 4.78 is 0. The van der Waals surface area contributed by atoms with Crippen molar-refractivity contribution >= 4 is 5.91 Å². The second-order valence-electron chi connectivity index (χ2n) is 5.78. The summed E-state index contributed by atoms with van der Waals surface area (Å²) in [6.45, 7) is 2.81. The summed E-state index contributed by atoms with van der Waals surface area (Å²) in [5.74, 6) is 1.80. The fraction of sp³-hybridized carbons (Fsp3) is 0.562. The molecule has 2 atom stereocenters. The van der Waals surface area contributed by atoms with Gasteiger partial charge in [0.15, 0.2) is 0 Å². The maximum atomic E-state index is 12.0. The zero-order valence-electron chi connectivity index (χ0n) is 11.3. The van der Waals surface area contributed by atoms with Crippen LogP contribution in [0.25, 0.3) is 0 Å². The molecule has 19 heavy (non-hydrogen) atoms. The number of carbonyl (C=O) groups is 1. The Morgan fingerprint density at radius 2 is 1.95 bits per heavy atom. The lowest BCUT2D eigenvalue weighted by Crippen LogP contribution is -2.38. The van der Waals surface area contributed by atoms with E-state index in [4.69, 9.17) is 0 Å². The number of hydrogen-bond acceptors (Lipinski definition) is 2. The molecule has 0 spiro atoms. The van der Waals surface area contributed by atoms with Crippen LogP contribution in [0.3, 0.4) is 0 Å². The summed E-state index contributed by atoms with van der Waals surface area (Å²) in [7, 11) is 0. The molecule has 1 aromatic rings. The minimum absolute atomic E-state index is 0.232. The number of rotatable bonds is 4. The van der Waals surface area contributed by atoms with Crippen molar-refractivity contribution in [2.75, 3.05) is 19.6 Å². The molecule has 3 rings (SSSR count). The maximum absolute atomic E-state index is 12.0. The van der Waals surface area contributed by atoms with Crippen LogP contribution in [0, 0.1) is 11.8 Å². The van der Waals surface area contributed by atoms with Gasteiger partial charge in [-0.05, 0) is 49.8 Å². The minimum atomic E-state index is 0.232. The molecule has 2 aliphatic rings. The van der Waals surface area contributed by atoms with Gasteiger partial charge in [0.05, 0.1) is 0 Å². The summed E-state index contributed by atoms with van der Waals surface area (Å²) in [4.78, 5) is 12.0. The topological polar surface area (TPSA) is 41.1 Å². The Morgan fingerprint density at radius 3 is 2.68 bits per heavy atom. The van der Waals surface area contributed by atoms with Crippen LogP contribution in [-0.4, -0.2) is 25.5 Å². The van der Waals surface area contributed by atoms with Gasteiger partial charge in [0.2, 0.25) is 5.91 Å². The van der Waals surface area contributed by atoms with Gasteiger partial charge in [-0.15, -0.1) is 0 Å². The molecule has 3 nitrogen and oxygen atoms in total. The van der Waals surface area contributed by atoms with Gasteiger partial charge in [-0.3, -0.25) is 4.79 Å². The molecule has 2 fully saturated rings. The zero-order valence-corrected chi connectivity index (χ0v) is 11.3. The molecule has 3 heteroatoms. The van der Waals surface area contributed by atoms with Crippen molar-refractivity contribution in [1.29, 1.82) is 0 Å². The largest absolute Gasteiger partial charge is 0.356 e. The quantitative estimate of drug-likeness (QED) is 0.866. The standard InChI is InChI=1S/C16H22N2O/c19-16(13-6-8-17-9-7-13)18-11-14-10-15(14)12-4-2-1-3-5-12/h1-5,13-15,17H,6-11H2,(H,18,19). The molecule has 1 aliphatic heterocycles. The van der Waals surface area contributed by atoms with Crippen molar-refractivity contribution in [3.8, 4) is 0 Å². The highest BCUT2D eigenvalue weighted by atomic mass is 16.1. The third-order valence-electron chi connectivity index (χ3n) is 4.40. The maximum Gasteiger partial charge on any atom is 0.223 e. The van der Waals surface area contributed by atoms with Crippen molar-refractivity contribution in [1.82, 2.24) is 10.6 Å². The van der Waals surface area contributed by atoms with Crippen LogP contribution in [0.4, 0.5) is 0 Å². The van der Waals surface area contributed by atoms with Crippen LogP contribution in [0.1, 0.15) is 30.7 Å². The summed E-state index contributed by atoms with van der Waals surface area (Å²) in [6.07, 6.45) is 3.19. The van der Waals surface area contributed by atoms with Crippen LogP contribution in [-0.2, 0) is 4.79 Å². The highest BCUT2D eigenvalue weighted by Crippen LogP contribution is 2.46. The Hall–Kier alpha value is -1.35. The molecule has 2 N–H and O–H groups in total. The molecule has 1 saturated carbocycles. The molecule has 102 valence electrons. The van der Waals surface area contributed by atoms with Gasteiger partial charge >= 0.3 is 0 Å². The number of benzene rings is 1. The molecule has 0 radical (unpaired) electrons. The van der Waals surface area contributed by atoms with E-state index in [1.165, 1.54) is 12.0 Å². The summed E-state index contributed by atoms with van der Waals surface area (Å²) in [6, 6.07) is 10.6. The van der Waals surface area contributed by atoms with E-state index in [9.17, 15) is 4.79 Å². The lowest BCUT2D eigenvalue weighted by atomic mass is 9.97. The lowest BCUT2D eigenvalue weighted by molar-refractivity contribution is -0.125. The normalized spacial score (nSPS) is 26.9. The molecule has 2 unspecified atom stereocenters. The van der Waals surface area contributed by atoms with Crippen LogP contribution in [0.2, 0.25) is 0 Å². The first-order valence-electron chi connectivity index (χ1n) is 7.38. The van der Waals surface area contributed by atoms with E-state index >= 15 is 0 Å². The van der Waals surface area contributed by atoms with Crippen LogP contribution < -0.4 is 10.6 Å². The van der Waals surface area contributed by atoms with Gasteiger partial charge in [-0.1, -0.05) is 30.3 Å². The van der Waals surface area contributed by atoms with Crippen LogP contribution >= 0.6 is 0 Å². The van der Waals surface area contributed by atoms with Crippen molar-refractivity contribution in [3.63, 3.8) is 0 Å². The second-order valence-corrected chi connectivity index (χ2v) is 5.78. The van der Waals surface area contributed by atoms with E-state index in [1.54, 1.807) is 0 Å². The predicted octanol–water partition coefficient (Wildman–Crippen LogP) is 1.91. The molecule has 1 heterocycles. The zero-order chi connectivity index (χ0) is 13.1. The molecule has 0 bridgehead atoms. The molecule has 1 aliphatic carbocycles. The van der Waals surface area contributed by atoms with Crippen molar-refractivity contribution < 1.29 is 4.79 Å².